The van der Waals surface area contributed by atoms with Gasteiger partial charge in [0.25, 0.3) is 0 Å². The predicted molar refractivity (Wildman–Crippen MR) is 129 cm³/mol. The van der Waals surface area contributed by atoms with Crippen LogP contribution in [0.1, 0.15) is 53.5 Å². The molecule has 3 aromatic rings. The Bertz CT molecular complexity index is 720. The number of halogens is 2. The van der Waals surface area contributed by atoms with Gasteiger partial charge in [0, 0.05) is 0 Å². The topological polar surface area (TPSA) is 0 Å². The average molecular weight is 479 g/mol. The molecule has 3 aromatic carbocycles. The molecule has 2 aliphatic carbocycles. The van der Waals surface area contributed by atoms with Crippen LogP contribution in [-0.2, 0) is 50.9 Å². The monoisotopic (exact) mass is 478 g/mol. The Kier molecular flexibility index (Phi) is 13.9. The minimum absolute atomic E-state index is 0. The van der Waals surface area contributed by atoms with Crippen molar-refractivity contribution in [2.45, 2.75) is 57.4 Å². The zero-order valence-electron chi connectivity index (χ0n) is 17.1. The zero-order valence-corrected chi connectivity index (χ0v) is 21.5. The summed E-state index contributed by atoms with van der Waals surface area (Å²) in [5, 5.41) is 0. The number of benzene rings is 1. The SMILES string of the molecule is Cl.Cl.[Ti+2]=[SiH]Cc1ccccc1.c1cc2c([cH-]1)CCCC2.c1cc2c([cH-]1)CCCC2. The fourth-order valence-electron chi connectivity index (χ4n) is 3.96. The van der Waals surface area contributed by atoms with Gasteiger partial charge in [-0.25, -0.2) is 12.1 Å². The molecular formula is C25H32Cl2SiTi. The summed E-state index contributed by atoms with van der Waals surface area (Å²) in [5.41, 5.74) is 7.88. The molecule has 0 atom stereocenters. The van der Waals surface area contributed by atoms with Crippen molar-refractivity contribution in [3.63, 3.8) is 0 Å². The summed E-state index contributed by atoms with van der Waals surface area (Å²) >= 11 is 2.28. The number of rotatable bonds is 2. The summed E-state index contributed by atoms with van der Waals surface area (Å²) in [4.78, 5) is 0. The molecule has 2 aliphatic rings. The second kappa shape index (κ2) is 15.3. The molecule has 0 spiro atoms. The Morgan fingerprint density at radius 3 is 1.62 bits per heavy atom. The molecule has 0 radical (unpaired) electrons. The van der Waals surface area contributed by atoms with Crippen LogP contribution < -0.4 is 0 Å². The fourth-order valence-corrected chi connectivity index (χ4v) is 5.57. The maximum absolute atomic E-state index is 2.28. The van der Waals surface area contributed by atoms with Crippen molar-refractivity contribution in [2.24, 2.45) is 0 Å². The Morgan fingerprint density at radius 2 is 1.17 bits per heavy atom. The Hall–Kier alpha value is -0.569. The van der Waals surface area contributed by atoms with E-state index >= 15 is 0 Å². The summed E-state index contributed by atoms with van der Waals surface area (Å²) in [5.74, 6) is 0. The number of hydrogen-bond acceptors (Lipinski definition) is 0. The van der Waals surface area contributed by atoms with Crippen LogP contribution in [0.3, 0.4) is 0 Å². The van der Waals surface area contributed by atoms with Crippen molar-refractivity contribution >= 4 is 31.7 Å². The number of aryl methyl sites for hydroxylation is 4. The van der Waals surface area contributed by atoms with E-state index in [1.807, 2.05) is 0 Å². The summed E-state index contributed by atoms with van der Waals surface area (Å²) in [6.45, 7) is 0.625. The van der Waals surface area contributed by atoms with Gasteiger partial charge in [0.15, 0.2) is 0 Å². The molecule has 0 unspecified atom stereocenters. The first-order chi connectivity index (χ1) is 13.4. The van der Waals surface area contributed by atoms with Gasteiger partial charge in [-0.15, -0.1) is 24.8 Å². The second-order valence-electron chi connectivity index (χ2n) is 7.46. The second-order valence-corrected chi connectivity index (χ2v) is 10.2. The predicted octanol–water partition coefficient (Wildman–Crippen LogP) is 6.50. The van der Waals surface area contributed by atoms with Gasteiger partial charge < -0.3 is 0 Å². The summed E-state index contributed by atoms with van der Waals surface area (Å²) in [7, 11) is 0. The Labute approximate surface area is 201 Å². The molecule has 29 heavy (non-hydrogen) atoms. The van der Waals surface area contributed by atoms with Crippen molar-refractivity contribution in [3.05, 3.63) is 94.5 Å². The van der Waals surface area contributed by atoms with Crippen molar-refractivity contribution in [3.8, 4) is 0 Å². The van der Waals surface area contributed by atoms with Crippen LogP contribution in [-0.4, -0.2) is 6.91 Å². The van der Waals surface area contributed by atoms with Gasteiger partial charge in [0.2, 0.25) is 0 Å². The summed E-state index contributed by atoms with van der Waals surface area (Å²) in [6.07, 6.45) is 10.9. The molecule has 0 aliphatic heterocycles. The van der Waals surface area contributed by atoms with E-state index in [0.717, 1.165) is 0 Å². The van der Waals surface area contributed by atoms with E-state index in [1.54, 1.807) is 22.3 Å². The van der Waals surface area contributed by atoms with Crippen LogP contribution in [0, 0.1) is 0 Å². The molecule has 0 saturated heterocycles. The standard InChI is InChI=1S/2C9H11.C7H8Si.2ClH.Ti/c2*1-2-5-9-7-3-6-8(9)4-1;8-6-7-4-2-1-3-5-7;;;/h2*3,6-7H,1-2,4-5H2;1-5,8H,6H2;2*1H;/q2*-1;;;;+2. The maximum atomic E-state index is 2.28. The molecule has 0 fully saturated rings. The minimum Gasteiger partial charge on any atom is -0.210 e. The Balaban J connectivity index is 0.000000210. The van der Waals surface area contributed by atoms with E-state index in [0.29, 0.717) is 6.91 Å². The first-order valence-electron chi connectivity index (χ1n) is 10.4. The van der Waals surface area contributed by atoms with Crippen LogP contribution in [0.25, 0.3) is 0 Å². The van der Waals surface area contributed by atoms with Crippen molar-refractivity contribution in [1.29, 1.82) is 0 Å². The molecule has 0 aromatic heterocycles. The van der Waals surface area contributed by atoms with Crippen LogP contribution in [0.4, 0.5) is 0 Å². The van der Waals surface area contributed by atoms with Gasteiger partial charge in [0.05, 0.1) is 0 Å². The number of fused-ring (bicyclic) bond motifs is 2. The van der Waals surface area contributed by atoms with Gasteiger partial charge in [-0.2, -0.15) is 46.5 Å². The maximum Gasteiger partial charge on any atom is -0.0512 e. The molecule has 0 heterocycles. The summed E-state index contributed by atoms with van der Waals surface area (Å²) in [6, 6.07) is 25.3. The normalized spacial score (nSPS) is 13.6. The number of hydrogen-bond donors (Lipinski definition) is 0. The third kappa shape index (κ3) is 8.99. The van der Waals surface area contributed by atoms with Gasteiger partial charge in [0.1, 0.15) is 0 Å². The first-order valence-corrected chi connectivity index (χ1v) is 14.5. The van der Waals surface area contributed by atoms with E-state index < -0.39 is 0 Å². The van der Waals surface area contributed by atoms with E-state index in [4.69, 9.17) is 0 Å². The van der Waals surface area contributed by atoms with E-state index in [2.05, 4.69) is 85.9 Å². The molecular weight excluding hydrogens is 447 g/mol. The van der Waals surface area contributed by atoms with Crippen LogP contribution in [0.5, 0.6) is 0 Å². The fraction of sp³-hybridized carbons (Fsp3) is 0.360. The van der Waals surface area contributed by atoms with Gasteiger partial charge >= 0.3 is 68.0 Å². The quantitative estimate of drug-likeness (QED) is 0.291. The third-order valence-electron chi connectivity index (χ3n) is 5.48. The molecule has 5 rings (SSSR count). The third-order valence-corrected chi connectivity index (χ3v) is 7.11. The average Bonchev–Trinajstić information content (AvgIpc) is 3.39. The van der Waals surface area contributed by atoms with Crippen LogP contribution in [0.15, 0.2) is 66.7 Å². The van der Waals surface area contributed by atoms with E-state index in [1.165, 1.54) is 63.0 Å². The first kappa shape index (κ1) is 26.5. The molecule has 4 heteroatoms. The smallest absolute Gasteiger partial charge is 0.0512 e. The Morgan fingerprint density at radius 1 is 0.690 bits per heavy atom. The molecule has 0 bridgehead atoms. The largest absolute Gasteiger partial charge is 0.210 e. The molecule has 0 nitrogen and oxygen atoms in total. The van der Waals surface area contributed by atoms with Crippen LogP contribution in [0.2, 0.25) is 0 Å². The van der Waals surface area contributed by atoms with Crippen LogP contribution >= 0.6 is 24.8 Å². The van der Waals surface area contributed by atoms with Gasteiger partial charge in [-0.1, -0.05) is 51.4 Å². The summed E-state index contributed by atoms with van der Waals surface area (Å²) < 4.78 is 0. The molecule has 0 saturated carbocycles. The zero-order chi connectivity index (χ0) is 18.7. The van der Waals surface area contributed by atoms with E-state index in [-0.39, 0.29) is 24.8 Å². The van der Waals surface area contributed by atoms with Gasteiger partial charge in [-0.3, -0.25) is 0 Å². The van der Waals surface area contributed by atoms with Crippen molar-refractivity contribution in [1.82, 2.24) is 0 Å². The van der Waals surface area contributed by atoms with Crippen molar-refractivity contribution in [2.75, 3.05) is 0 Å². The molecule has 0 amide bonds. The van der Waals surface area contributed by atoms with Crippen molar-refractivity contribution < 1.29 is 19.2 Å². The molecule has 0 N–H and O–H groups in total. The minimum atomic E-state index is 0. The van der Waals surface area contributed by atoms with E-state index in [9.17, 15) is 0 Å². The molecule has 154 valence electrons. The van der Waals surface area contributed by atoms with Gasteiger partial charge in [-0.05, 0) is 0 Å².